The molecular weight excluding hydrogens is 368 g/mol. The summed E-state index contributed by atoms with van der Waals surface area (Å²) < 4.78 is 11.3. The molecule has 6 heteroatoms. The van der Waals surface area contributed by atoms with E-state index in [2.05, 4.69) is 10.6 Å². The van der Waals surface area contributed by atoms with Crippen LogP contribution < -0.4 is 15.4 Å². The van der Waals surface area contributed by atoms with E-state index in [1.807, 2.05) is 32.0 Å². The van der Waals surface area contributed by atoms with E-state index in [4.69, 9.17) is 9.47 Å². The standard InChI is InChI=1S/C23H28N2O4/c1-15-10-11-18(13-16(15)2)29-17(3)22(26)25-21-9-5-4-8-20(21)23(27)24-14-19-7-6-12-28-19/h4-5,8-11,13,17,19H,6-7,12,14H2,1-3H3,(H,24,27)(H,25,26). The maximum atomic E-state index is 12.6. The Morgan fingerprint density at radius 3 is 2.69 bits per heavy atom. The highest BCUT2D eigenvalue weighted by molar-refractivity contribution is 6.04. The van der Waals surface area contributed by atoms with Gasteiger partial charge in [0.2, 0.25) is 0 Å². The van der Waals surface area contributed by atoms with Gasteiger partial charge in [-0.05, 0) is 69.0 Å². The molecule has 3 rings (SSSR count). The normalized spacial score (nSPS) is 16.9. The number of carbonyl (C=O) groups is 2. The Labute approximate surface area is 171 Å². The van der Waals surface area contributed by atoms with E-state index >= 15 is 0 Å². The topological polar surface area (TPSA) is 76.7 Å². The highest BCUT2D eigenvalue weighted by atomic mass is 16.5. The van der Waals surface area contributed by atoms with Crippen LogP contribution in [-0.2, 0) is 9.53 Å². The number of carbonyl (C=O) groups excluding carboxylic acids is 2. The molecular formula is C23H28N2O4. The third-order valence-corrected chi connectivity index (χ3v) is 5.10. The minimum atomic E-state index is -0.708. The van der Waals surface area contributed by atoms with Crippen molar-refractivity contribution in [1.82, 2.24) is 5.32 Å². The molecule has 1 heterocycles. The number of nitrogens with one attached hydrogen (secondary N) is 2. The molecule has 2 N–H and O–H groups in total. The number of hydrogen-bond acceptors (Lipinski definition) is 4. The summed E-state index contributed by atoms with van der Waals surface area (Å²) in [5.74, 6) is 0.0834. The van der Waals surface area contributed by atoms with Gasteiger partial charge >= 0.3 is 0 Å². The second-order valence-corrected chi connectivity index (χ2v) is 7.39. The fourth-order valence-corrected chi connectivity index (χ4v) is 3.18. The predicted molar refractivity (Wildman–Crippen MR) is 112 cm³/mol. The van der Waals surface area contributed by atoms with Crippen LogP contribution in [0.3, 0.4) is 0 Å². The number of aryl methyl sites for hydroxylation is 2. The van der Waals surface area contributed by atoms with Crippen molar-refractivity contribution in [2.24, 2.45) is 0 Å². The number of ether oxygens (including phenoxy) is 2. The Bertz CT molecular complexity index is 875. The van der Waals surface area contributed by atoms with Gasteiger partial charge in [-0.2, -0.15) is 0 Å². The summed E-state index contributed by atoms with van der Waals surface area (Å²) in [6, 6.07) is 12.7. The molecule has 1 fully saturated rings. The maximum absolute atomic E-state index is 12.6. The smallest absolute Gasteiger partial charge is 0.265 e. The lowest BCUT2D eigenvalue weighted by molar-refractivity contribution is -0.122. The van der Waals surface area contributed by atoms with E-state index in [0.717, 1.165) is 30.6 Å². The van der Waals surface area contributed by atoms with E-state index in [1.165, 1.54) is 0 Å². The van der Waals surface area contributed by atoms with Crippen molar-refractivity contribution < 1.29 is 19.1 Å². The van der Waals surface area contributed by atoms with Crippen molar-refractivity contribution >= 4 is 17.5 Å². The molecule has 0 aromatic heterocycles. The second-order valence-electron chi connectivity index (χ2n) is 7.39. The van der Waals surface area contributed by atoms with Crippen LogP contribution in [0.15, 0.2) is 42.5 Å². The van der Waals surface area contributed by atoms with Crippen molar-refractivity contribution in [3.63, 3.8) is 0 Å². The van der Waals surface area contributed by atoms with E-state index in [1.54, 1.807) is 31.2 Å². The van der Waals surface area contributed by atoms with Crippen molar-refractivity contribution in [2.45, 2.75) is 45.8 Å². The zero-order valence-electron chi connectivity index (χ0n) is 17.2. The van der Waals surface area contributed by atoms with Crippen molar-refractivity contribution in [2.75, 3.05) is 18.5 Å². The second kappa shape index (κ2) is 9.56. The first-order valence-corrected chi connectivity index (χ1v) is 9.97. The van der Waals surface area contributed by atoms with Gasteiger partial charge in [-0.15, -0.1) is 0 Å². The average molecular weight is 396 g/mol. The summed E-state index contributed by atoms with van der Waals surface area (Å²) in [5.41, 5.74) is 3.14. The van der Waals surface area contributed by atoms with Gasteiger partial charge in [0, 0.05) is 13.2 Å². The molecule has 154 valence electrons. The van der Waals surface area contributed by atoms with Crippen LogP contribution in [-0.4, -0.2) is 37.2 Å². The molecule has 6 nitrogen and oxygen atoms in total. The predicted octanol–water partition coefficient (Wildman–Crippen LogP) is 3.62. The van der Waals surface area contributed by atoms with Crippen LogP contribution >= 0.6 is 0 Å². The first-order chi connectivity index (χ1) is 13.9. The van der Waals surface area contributed by atoms with Crippen molar-refractivity contribution in [1.29, 1.82) is 0 Å². The Hall–Kier alpha value is -2.86. The minimum absolute atomic E-state index is 0.0621. The van der Waals surface area contributed by atoms with Crippen molar-refractivity contribution in [3.05, 3.63) is 59.2 Å². The van der Waals surface area contributed by atoms with Gasteiger partial charge in [0.05, 0.1) is 17.4 Å². The van der Waals surface area contributed by atoms with Gasteiger partial charge in [-0.25, -0.2) is 0 Å². The Kier molecular flexibility index (Phi) is 6.88. The van der Waals surface area contributed by atoms with Gasteiger partial charge in [0.1, 0.15) is 5.75 Å². The van der Waals surface area contributed by atoms with Gasteiger partial charge in [0.15, 0.2) is 6.10 Å². The Morgan fingerprint density at radius 1 is 1.17 bits per heavy atom. The van der Waals surface area contributed by atoms with E-state index < -0.39 is 6.10 Å². The molecule has 0 bridgehead atoms. The summed E-state index contributed by atoms with van der Waals surface area (Å²) in [7, 11) is 0. The third-order valence-electron chi connectivity index (χ3n) is 5.10. The van der Waals surface area contributed by atoms with Crippen LogP contribution in [0.4, 0.5) is 5.69 Å². The lowest BCUT2D eigenvalue weighted by atomic mass is 10.1. The average Bonchev–Trinajstić information content (AvgIpc) is 3.23. The molecule has 2 aromatic carbocycles. The van der Waals surface area contributed by atoms with Crippen LogP contribution in [0.25, 0.3) is 0 Å². The van der Waals surface area contributed by atoms with E-state index in [0.29, 0.717) is 23.5 Å². The first kappa shape index (κ1) is 20.9. The van der Waals surface area contributed by atoms with E-state index in [-0.39, 0.29) is 17.9 Å². The monoisotopic (exact) mass is 396 g/mol. The number of para-hydroxylation sites is 1. The zero-order chi connectivity index (χ0) is 20.8. The molecule has 1 aliphatic rings. The first-order valence-electron chi connectivity index (χ1n) is 9.97. The molecule has 0 saturated carbocycles. The highest BCUT2D eigenvalue weighted by Gasteiger charge is 2.20. The van der Waals surface area contributed by atoms with Crippen LogP contribution in [0.1, 0.15) is 41.3 Å². The Balaban J connectivity index is 1.61. The number of amides is 2. The molecule has 1 saturated heterocycles. The van der Waals surface area contributed by atoms with Crippen LogP contribution in [0.2, 0.25) is 0 Å². The van der Waals surface area contributed by atoms with Crippen LogP contribution in [0.5, 0.6) is 5.75 Å². The van der Waals surface area contributed by atoms with Gasteiger partial charge in [0.25, 0.3) is 11.8 Å². The molecule has 2 atom stereocenters. The summed E-state index contributed by atoms with van der Waals surface area (Å²) in [4.78, 5) is 25.2. The summed E-state index contributed by atoms with van der Waals surface area (Å²) in [6.45, 7) is 6.91. The number of rotatable bonds is 7. The number of hydrogen-bond donors (Lipinski definition) is 2. The summed E-state index contributed by atoms with van der Waals surface area (Å²) >= 11 is 0. The molecule has 2 amide bonds. The highest BCUT2D eigenvalue weighted by Crippen LogP contribution is 2.20. The van der Waals surface area contributed by atoms with Crippen LogP contribution in [0, 0.1) is 13.8 Å². The van der Waals surface area contributed by atoms with Crippen molar-refractivity contribution in [3.8, 4) is 5.75 Å². The molecule has 0 radical (unpaired) electrons. The van der Waals surface area contributed by atoms with Gasteiger partial charge in [-0.3, -0.25) is 9.59 Å². The fraction of sp³-hybridized carbons (Fsp3) is 0.391. The molecule has 2 aromatic rings. The third kappa shape index (κ3) is 5.57. The number of anilines is 1. The largest absolute Gasteiger partial charge is 0.481 e. The summed E-state index contributed by atoms with van der Waals surface area (Å²) in [6.07, 6.45) is 1.32. The quantitative estimate of drug-likeness (QED) is 0.749. The number of benzene rings is 2. The maximum Gasteiger partial charge on any atom is 0.265 e. The SMILES string of the molecule is Cc1ccc(OC(C)C(=O)Nc2ccccc2C(=O)NCC2CCCO2)cc1C. The molecule has 2 unspecified atom stereocenters. The summed E-state index contributed by atoms with van der Waals surface area (Å²) in [5, 5.41) is 5.70. The van der Waals surface area contributed by atoms with E-state index in [9.17, 15) is 9.59 Å². The fourth-order valence-electron chi connectivity index (χ4n) is 3.18. The lowest BCUT2D eigenvalue weighted by Gasteiger charge is -2.17. The Morgan fingerprint density at radius 2 is 1.97 bits per heavy atom. The molecule has 0 spiro atoms. The molecule has 29 heavy (non-hydrogen) atoms. The molecule has 0 aliphatic carbocycles. The lowest BCUT2D eigenvalue weighted by Crippen LogP contribution is -2.34. The van der Waals surface area contributed by atoms with Gasteiger partial charge in [-0.1, -0.05) is 18.2 Å². The minimum Gasteiger partial charge on any atom is -0.481 e. The van der Waals surface area contributed by atoms with Gasteiger partial charge < -0.3 is 20.1 Å². The molecule has 1 aliphatic heterocycles. The zero-order valence-corrected chi connectivity index (χ0v) is 17.2.